The van der Waals surface area contributed by atoms with E-state index < -0.39 is 0 Å². The quantitative estimate of drug-likeness (QED) is 0.810. The average molecular weight is 280 g/mol. The van der Waals surface area contributed by atoms with Crippen molar-refractivity contribution in [3.05, 3.63) is 40.9 Å². The van der Waals surface area contributed by atoms with Crippen LogP contribution in [0.4, 0.5) is 0 Å². The van der Waals surface area contributed by atoms with E-state index in [1.165, 1.54) is 12.8 Å². The summed E-state index contributed by atoms with van der Waals surface area (Å²) in [7, 11) is 0. The second kappa shape index (κ2) is 6.97. The Morgan fingerprint density at radius 2 is 2.26 bits per heavy atom. The summed E-state index contributed by atoms with van der Waals surface area (Å²) < 4.78 is 6.09. The Morgan fingerprint density at radius 1 is 1.42 bits per heavy atom. The molecule has 0 radical (unpaired) electrons. The molecule has 1 aliphatic carbocycles. The SMILES string of the molecule is CC(C)NCc1cc(Cl)ccc1OC1C=CCCC1. The van der Waals surface area contributed by atoms with Crippen LogP contribution in [0.5, 0.6) is 5.75 Å². The first-order valence-electron chi connectivity index (χ1n) is 7.00. The number of allylic oxidation sites excluding steroid dienone is 1. The highest BCUT2D eigenvalue weighted by Crippen LogP contribution is 2.26. The molecule has 0 saturated carbocycles. The fourth-order valence-corrected chi connectivity index (χ4v) is 2.35. The number of halogens is 1. The molecular formula is C16H22ClNO. The van der Waals surface area contributed by atoms with Crippen molar-refractivity contribution in [2.24, 2.45) is 0 Å². The second-order valence-electron chi connectivity index (χ2n) is 5.30. The zero-order valence-electron chi connectivity index (χ0n) is 11.7. The molecule has 2 nitrogen and oxygen atoms in total. The number of hydrogen-bond acceptors (Lipinski definition) is 2. The Hall–Kier alpha value is -0.990. The first-order chi connectivity index (χ1) is 9.15. The third-order valence-corrected chi connectivity index (χ3v) is 3.45. The normalized spacial score (nSPS) is 18.8. The van der Waals surface area contributed by atoms with Gasteiger partial charge >= 0.3 is 0 Å². The Kier molecular flexibility index (Phi) is 5.29. The first-order valence-corrected chi connectivity index (χ1v) is 7.38. The number of nitrogens with one attached hydrogen (secondary N) is 1. The van der Waals surface area contributed by atoms with Gasteiger partial charge in [-0.25, -0.2) is 0 Å². The molecule has 2 rings (SSSR count). The molecule has 1 aromatic carbocycles. The van der Waals surface area contributed by atoms with Crippen molar-refractivity contribution in [3.8, 4) is 5.75 Å². The molecule has 1 aliphatic rings. The van der Waals surface area contributed by atoms with Gasteiger partial charge in [0.15, 0.2) is 0 Å². The van der Waals surface area contributed by atoms with E-state index in [1.807, 2.05) is 18.2 Å². The van der Waals surface area contributed by atoms with Gasteiger partial charge in [0.2, 0.25) is 0 Å². The van der Waals surface area contributed by atoms with E-state index in [-0.39, 0.29) is 6.10 Å². The molecule has 0 bridgehead atoms. The lowest BCUT2D eigenvalue weighted by Crippen LogP contribution is -2.23. The first kappa shape index (κ1) is 14.4. The van der Waals surface area contributed by atoms with Crippen molar-refractivity contribution in [2.75, 3.05) is 0 Å². The molecule has 3 heteroatoms. The van der Waals surface area contributed by atoms with Crippen molar-refractivity contribution in [1.29, 1.82) is 0 Å². The van der Waals surface area contributed by atoms with Gasteiger partial charge in [-0.05, 0) is 43.5 Å². The maximum absolute atomic E-state index is 6.09. The van der Waals surface area contributed by atoms with Gasteiger partial charge in [0.1, 0.15) is 11.9 Å². The van der Waals surface area contributed by atoms with Gasteiger partial charge < -0.3 is 10.1 Å². The fourth-order valence-electron chi connectivity index (χ4n) is 2.16. The molecule has 19 heavy (non-hydrogen) atoms. The minimum atomic E-state index is 0.202. The van der Waals surface area contributed by atoms with Crippen LogP contribution in [0.2, 0.25) is 5.02 Å². The summed E-state index contributed by atoms with van der Waals surface area (Å²) in [6, 6.07) is 6.30. The lowest BCUT2D eigenvalue weighted by molar-refractivity contribution is 0.227. The van der Waals surface area contributed by atoms with Gasteiger partial charge in [0.25, 0.3) is 0 Å². The van der Waals surface area contributed by atoms with Crippen LogP contribution in [-0.2, 0) is 6.54 Å². The Labute approximate surface area is 120 Å². The lowest BCUT2D eigenvalue weighted by atomic mass is 10.1. The molecule has 0 saturated heterocycles. The van der Waals surface area contributed by atoms with Crippen LogP contribution in [0.3, 0.4) is 0 Å². The highest BCUT2D eigenvalue weighted by atomic mass is 35.5. The number of hydrogen-bond donors (Lipinski definition) is 1. The number of rotatable bonds is 5. The molecule has 0 spiro atoms. The minimum absolute atomic E-state index is 0.202. The van der Waals surface area contributed by atoms with Gasteiger partial charge in [0.05, 0.1) is 0 Å². The van der Waals surface area contributed by atoms with Crippen molar-refractivity contribution >= 4 is 11.6 Å². The van der Waals surface area contributed by atoms with Crippen LogP contribution >= 0.6 is 11.6 Å². The van der Waals surface area contributed by atoms with E-state index in [0.717, 1.165) is 29.3 Å². The van der Waals surface area contributed by atoms with Gasteiger partial charge in [0, 0.05) is 23.2 Å². The summed E-state index contributed by atoms with van der Waals surface area (Å²) in [5, 5.41) is 4.17. The monoisotopic (exact) mass is 279 g/mol. The maximum atomic E-state index is 6.09. The average Bonchev–Trinajstić information content (AvgIpc) is 2.40. The highest BCUT2D eigenvalue weighted by Gasteiger charge is 2.13. The number of benzene rings is 1. The molecule has 1 N–H and O–H groups in total. The summed E-state index contributed by atoms with van der Waals surface area (Å²) in [6.07, 6.45) is 8.04. The Bertz CT molecular complexity index is 442. The van der Waals surface area contributed by atoms with E-state index in [2.05, 4.69) is 31.3 Å². The van der Waals surface area contributed by atoms with Gasteiger partial charge in [-0.1, -0.05) is 31.5 Å². The van der Waals surface area contributed by atoms with Crippen molar-refractivity contribution in [3.63, 3.8) is 0 Å². The van der Waals surface area contributed by atoms with Crippen LogP contribution in [-0.4, -0.2) is 12.1 Å². The largest absolute Gasteiger partial charge is 0.486 e. The van der Waals surface area contributed by atoms with E-state index in [4.69, 9.17) is 16.3 Å². The van der Waals surface area contributed by atoms with Crippen LogP contribution in [0, 0.1) is 0 Å². The number of ether oxygens (including phenoxy) is 1. The van der Waals surface area contributed by atoms with Crippen LogP contribution < -0.4 is 10.1 Å². The maximum Gasteiger partial charge on any atom is 0.124 e. The zero-order valence-corrected chi connectivity index (χ0v) is 12.4. The Balaban J connectivity index is 2.09. The van der Waals surface area contributed by atoms with Crippen molar-refractivity contribution in [2.45, 2.75) is 51.8 Å². The van der Waals surface area contributed by atoms with Crippen LogP contribution in [0.1, 0.15) is 38.7 Å². The van der Waals surface area contributed by atoms with E-state index >= 15 is 0 Å². The molecule has 1 unspecified atom stereocenters. The molecule has 0 heterocycles. The zero-order chi connectivity index (χ0) is 13.7. The smallest absolute Gasteiger partial charge is 0.124 e. The predicted octanol–water partition coefficient (Wildman–Crippen LogP) is 4.33. The van der Waals surface area contributed by atoms with Crippen LogP contribution in [0.15, 0.2) is 30.4 Å². The molecule has 0 fully saturated rings. The standard InChI is InChI=1S/C16H22ClNO/c1-12(2)18-11-13-10-14(17)8-9-16(13)19-15-6-4-3-5-7-15/h4,6,8-10,12,15,18H,3,5,7,11H2,1-2H3. The molecular weight excluding hydrogens is 258 g/mol. The third-order valence-electron chi connectivity index (χ3n) is 3.21. The summed E-state index contributed by atoms with van der Waals surface area (Å²) in [5.41, 5.74) is 1.13. The summed E-state index contributed by atoms with van der Waals surface area (Å²) in [5.74, 6) is 0.939. The lowest BCUT2D eigenvalue weighted by Gasteiger charge is -2.21. The topological polar surface area (TPSA) is 21.3 Å². The molecule has 1 atom stereocenters. The third kappa shape index (κ3) is 4.55. The van der Waals surface area contributed by atoms with E-state index in [1.54, 1.807) is 0 Å². The molecule has 0 aromatic heterocycles. The second-order valence-corrected chi connectivity index (χ2v) is 5.74. The molecule has 0 aliphatic heterocycles. The Morgan fingerprint density at radius 3 is 2.95 bits per heavy atom. The summed E-state index contributed by atoms with van der Waals surface area (Å²) in [4.78, 5) is 0. The highest BCUT2D eigenvalue weighted by molar-refractivity contribution is 6.30. The van der Waals surface area contributed by atoms with Gasteiger partial charge in [-0.15, -0.1) is 0 Å². The fraction of sp³-hybridized carbons (Fsp3) is 0.500. The van der Waals surface area contributed by atoms with Crippen molar-refractivity contribution < 1.29 is 4.74 Å². The van der Waals surface area contributed by atoms with E-state index in [0.29, 0.717) is 6.04 Å². The van der Waals surface area contributed by atoms with Gasteiger partial charge in [-0.3, -0.25) is 0 Å². The van der Waals surface area contributed by atoms with Crippen molar-refractivity contribution in [1.82, 2.24) is 5.32 Å². The predicted molar refractivity (Wildman–Crippen MR) is 80.8 cm³/mol. The van der Waals surface area contributed by atoms with Gasteiger partial charge in [-0.2, -0.15) is 0 Å². The molecule has 104 valence electrons. The van der Waals surface area contributed by atoms with E-state index in [9.17, 15) is 0 Å². The summed E-state index contributed by atoms with van der Waals surface area (Å²) >= 11 is 6.08. The van der Waals surface area contributed by atoms with Crippen LogP contribution in [0.25, 0.3) is 0 Å². The molecule has 1 aromatic rings. The minimum Gasteiger partial charge on any atom is -0.486 e. The summed E-state index contributed by atoms with van der Waals surface area (Å²) in [6.45, 7) is 5.05. The molecule has 0 amide bonds.